The molecule has 1 N–H and O–H groups in total. The van der Waals surface area contributed by atoms with Crippen molar-refractivity contribution in [1.82, 2.24) is 0 Å². The second kappa shape index (κ2) is 6.73. The monoisotopic (exact) mass is 319 g/mol. The van der Waals surface area contributed by atoms with Crippen molar-refractivity contribution in [2.45, 2.75) is 20.1 Å². The number of aryl methyl sites for hydroxylation is 1. The minimum atomic E-state index is 0.623. The van der Waals surface area contributed by atoms with Gasteiger partial charge in [-0.25, -0.2) is 0 Å². The smallest absolute Gasteiger partial charge is 0.0733 e. The van der Waals surface area contributed by atoms with Crippen LogP contribution in [0, 0.1) is 6.92 Å². The maximum atomic E-state index is 5.21. The molecule has 0 atom stereocenters. The second-order valence-corrected chi connectivity index (χ2v) is 5.39. The van der Waals surface area contributed by atoms with Crippen molar-refractivity contribution in [1.29, 1.82) is 0 Å². The zero-order valence-corrected chi connectivity index (χ0v) is 12.8. The molecular weight excluding hydrogens is 302 g/mol. The number of hydrogen-bond donors (Lipinski definition) is 1. The summed E-state index contributed by atoms with van der Waals surface area (Å²) in [4.78, 5) is 0. The van der Waals surface area contributed by atoms with Crippen molar-refractivity contribution in [2.24, 2.45) is 0 Å². The summed E-state index contributed by atoms with van der Waals surface area (Å²) in [5, 5.41) is 3.46. The average Bonchev–Trinajstić information content (AvgIpc) is 2.40. The molecule has 0 aromatic heterocycles. The van der Waals surface area contributed by atoms with Gasteiger partial charge in [0.1, 0.15) is 0 Å². The van der Waals surface area contributed by atoms with Gasteiger partial charge in [-0.05, 0) is 30.2 Å². The molecule has 0 saturated heterocycles. The van der Waals surface area contributed by atoms with Crippen LogP contribution in [0.2, 0.25) is 0 Å². The second-order valence-electron chi connectivity index (χ2n) is 4.54. The number of para-hydroxylation sites is 1. The molecule has 0 unspecified atom stereocenters. The fraction of sp³-hybridized carbons (Fsp3) is 0.250. The average molecular weight is 320 g/mol. The molecule has 2 rings (SSSR count). The molecule has 0 saturated carbocycles. The summed E-state index contributed by atoms with van der Waals surface area (Å²) >= 11 is 3.61. The van der Waals surface area contributed by atoms with E-state index in [1.54, 1.807) is 7.11 Å². The molecule has 2 nitrogen and oxygen atoms in total. The van der Waals surface area contributed by atoms with Crippen LogP contribution in [0.15, 0.2) is 46.9 Å². The van der Waals surface area contributed by atoms with Gasteiger partial charge in [0.15, 0.2) is 0 Å². The Morgan fingerprint density at radius 2 is 1.89 bits per heavy atom. The standard InChI is InChI=1S/C16H18BrNO/c1-12-7-8-13(15(17)9-12)10-18-16-6-4-3-5-14(16)11-19-2/h3-9,18H,10-11H2,1-2H3. The van der Waals surface area contributed by atoms with Crippen molar-refractivity contribution in [3.63, 3.8) is 0 Å². The largest absolute Gasteiger partial charge is 0.381 e. The molecule has 3 heteroatoms. The molecule has 0 aliphatic heterocycles. The van der Waals surface area contributed by atoms with Crippen LogP contribution < -0.4 is 5.32 Å². The van der Waals surface area contributed by atoms with E-state index in [4.69, 9.17) is 4.74 Å². The van der Waals surface area contributed by atoms with Gasteiger partial charge in [0.25, 0.3) is 0 Å². The van der Waals surface area contributed by atoms with E-state index in [0.717, 1.165) is 16.7 Å². The van der Waals surface area contributed by atoms with E-state index in [2.05, 4.69) is 58.5 Å². The lowest BCUT2D eigenvalue weighted by Crippen LogP contribution is -2.03. The Balaban J connectivity index is 2.10. The van der Waals surface area contributed by atoms with Gasteiger partial charge in [0.05, 0.1) is 6.61 Å². The number of anilines is 1. The van der Waals surface area contributed by atoms with E-state index in [0.29, 0.717) is 6.61 Å². The van der Waals surface area contributed by atoms with Crippen molar-refractivity contribution in [3.8, 4) is 0 Å². The maximum absolute atomic E-state index is 5.21. The Hall–Kier alpha value is -1.32. The summed E-state index contributed by atoms with van der Waals surface area (Å²) in [5.74, 6) is 0. The first-order valence-corrected chi connectivity index (χ1v) is 7.05. The molecule has 0 fully saturated rings. The van der Waals surface area contributed by atoms with Crippen LogP contribution >= 0.6 is 15.9 Å². The van der Waals surface area contributed by atoms with Crippen LogP contribution in [-0.4, -0.2) is 7.11 Å². The predicted molar refractivity (Wildman–Crippen MR) is 83.4 cm³/mol. The highest BCUT2D eigenvalue weighted by Crippen LogP contribution is 2.21. The third kappa shape index (κ3) is 3.82. The van der Waals surface area contributed by atoms with Gasteiger partial charge in [-0.3, -0.25) is 0 Å². The minimum absolute atomic E-state index is 0.623. The van der Waals surface area contributed by atoms with Gasteiger partial charge in [0, 0.05) is 29.4 Å². The van der Waals surface area contributed by atoms with Gasteiger partial charge in [0.2, 0.25) is 0 Å². The number of nitrogens with one attached hydrogen (secondary N) is 1. The molecule has 0 amide bonds. The molecule has 2 aromatic rings. The summed E-state index contributed by atoms with van der Waals surface area (Å²) in [6.07, 6.45) is 0. The number of ether oxygens (including phenoxy) is 1. The first-order chi connectivity index (χ1) is 9.20. The quantitative estimate of drug-likeness (QED) is 0.875. The third-order valence-electron chi connectivity index (χ3n) is 3.00. The number of benzene rings is 2. The summed E-state index contributed by atoms with van der Waals surface area (Å²) in [5.41, 5.74) is 4.80. The number of halogens is 1. The Labute approximate surface area is 122 Å². The first kappa shape index (κ1) is 14.1. The molecule has 0 bridgehead atoms. The molecule has 0 heterocycles. The summed E-state index contributed by atoms with van der Waals surface area (Å²) in [7, 11) is 1.72. The van der Waals surface area contributed by atoms with E-state index in [1.807, 2.05) is 12.1 Å². The van der Waals surface area contributed by atoms with Crippen LogP contribution in [0.3, 0.4) is 0 Å². The first-order valence-electron chi connectivity index (χ1n) is 6.26. The van der Waals surface area contributed by atoms with Crippen LogP contribution in [0.4, 0.5) is 5.69 Å². The van der Waals surface area contributed by atoms with E-state index >= 15 is 0 Å². The molecule has 2 aromatic carbocycles. The lowest BCUT2D eigenvalue weighted by Gasteiger charge is -2.12. The van der Waals surface area contributed by atoms with E-state index in [1.165, 1.54) is 16.7 Å². The summed E-state index contributed by atoms with van der Waals surface area (Å²) < 4.78 is 6.35. The van der Waals surface area contributed by atoms with Gasteiger partial charge >= 0.3 is 0 Å². The van der Waals surface area contributed by atoms with Gasteiger partial charge in [-0.1, -0.05) is 46.3 Å². The third-order valence-corrected chi connectivity index (χ3v) is 3.73. The highest BCUT2D eigenvalue weighted by Gasteiger charge is 2.03. The number of methoxy groups -OCH3 is 1. The number of hydrogen-bond acceptors (Lipinski definition) is 2. The highest BCUT2D eigenvalue weighted by molar-refractivity contribution is 9.10. The van der Waals surface area contributed by atoms with Crippen LogP contribution in [0.25, 0.3) is 0 Å². The lowest BCUT2D eigenvalue weighted by atomic mass is 10.1. The molecule has 0 spiro atoms. The van der Waals surface area contributed by atoms with Gasteiger partial charge < -0.3 is 10.1 Å². The fourth-order valence-corrected chi connectivity index (χ4v) is 2.59. The highest BCUT2D eigenvalue weighted by atomic mass is 79.9. The summed E-state index contributed by atoms with van der Waals surface area (Å²) in [6.45, 7) is 3.51. The van der Waals surface area contributed by atoms with Crippen molar-refractivity contribution < 1.29 is 4.74 Å². The van der Waals surface area contributed by atoms with Crippen molar-refractivity contribution in [2.75, 3.05) is 12.4 Å². The topological polar surface area (TPSA) is 21.3 Å². The van der Waals surface area contributed by atoms with Crippen LogP contribution in [0.5, 0.6) is 0 Å². The van der Waals surface area contributed by atoms with Gasteiger partial charge in [-0.2, -0.15) is 0 Å². The zero-order valence-electron chi connectivity index (χ0n) is 11.2. The van der Waals surface area contributed by atoms with Crippen molar-refractivity contribution in [3.05, 3.63) is 63.6 Å². The van der Waals surface area contributed by atoms with Crippen LogP contribution in [-0.2, 0) is 17.9 Å². The fourth-order valence-electron chi connectivity index (χ4n) is 1.96. The Kier molecular flexibility index (Phi) is 5.00. The molecular formula is C16H18BrNO. The SMILES string of the molecule is COCc1ccccc1NCc1ccc(C)cc1Br. The van der Waals surface area contributed by atoms with Crippen LogP contribution in [0.1, 0.15) is 16.7 Å². The normalized spacial score (nSPS) is 10.5. The van der Waals surface area contributed by atoms with E-state index < -0.39 is 0 Å². The van der Waals surface area contributed by atoms with Gasteiger partial charge in [-0.15, -0.1) is 0 Å². The number of rotatable bonds is 5. The lowest BCUT2D eigenvalue weighted by molar-refractivity contribution is 0.185. The Bertz CT molecular complexity index is 554. The molecule has 0 radical (unpaired) electrons. The molecule has 100 valence electrons. The van der Waals surface area contributed by atoms with Crippen molar-refractivity contribution >= 4 is 21.6 Å². The molecule has 0 aliphatic carbocycles. The summed E-state index contributed by atoms with van der Waals surface area (Å²) in [6, 6.07) is 14.6. The predicted octanol–water partition coefficient (Wildman–Crippen LogP) is 4.52. The zero-order chi connectivity index (χ0) is 13.7. The Morgan fingerprint density at radius 1 is 1.11 bits per heavy atom. The maximum Gasteiger partial charge on any atom is 0.0733 e. The van der Waals surface area contributed by atoms with E-state index in [-0.39, 0.29) is 0 Å². The molecule has 19 heavy (non-hydrogen) atoms. The minimum Gasteiger partial charge on any atom is -0.381 e. The molecule has 0 aliphatic rings. The van der Waals surface area contributed by atoms with E-state index in [9.17, 15) is 0 Å². The Morgan fingerprint density at radius 3 is 2.63 bits per heavy atom.